The zero-order chi connectivity index (χ0) is 15.1. The number of hydrogen-bond acceptors (Lipinski definition) is 1. The predicted octanol–water partition coefficient (Wildman–Crippen LogP) is 4.96. The average molecular weight is 284 g/mol. The van der Waals surface area contributed by atoms with Crippen LogP contribution in [0.5, 0.6) is 0 Å². The fraction of sp³-hybridized carbons (Fsp3) is 0.941. The summed E-state index contributed by atoms with van der Waals surface area (Å²) in [5.74, 6) is 0. The minimum absolute atomic E-state index is 0.139. The summed E-state index contributed by atoms with van der Waals surface area (Å²) in [6.45, 7) is 9.22. The Kier molecular flexibility index (Phi) is 14.1. The van der Waals surface area contributed by atoms with Crippen LogP contribution < -0.4 is 5.32 Å². The first-order chi connectivity index (χ1) is 9.76. The molecular weight excluding hydrogens is 248 g/mol. The number of rotatable bonds is 13. The van der Waals surface area contributed by atoms with E-state index in [9.17, 15) is 4.79 Å². The van der Waals surface area contributed by atoms with E-state index >= 15 is 0 Å². The van der Waals surface area contributed by atoms with Crippen LogP contribution in [0.15, 0.2) is 0 Å². The van der Waals surface area contributed by atoms with Crippen LogP contribution in [0.25, 0.3) is 0 Å². The first kappa shape index (κ1) is 19.3. The van der Waals surface area contributed by atoms with Gasteiger partial charge in [-0.15, -0.1) is 0 Å². The molecule has 0 aromatic heterocycles. The summed E-state index contributed by atoms with van der Waals surface area (Å²) < 4.78 is 0. The van der Waals surface area contributed by atoms with Gasteiger partial charge in [-0.05, 0) is 19.3 Å². The Morgan fingerprint density at radius 3 is 1.80 bits per heavy atom. The van der Waals surface area contributed by atoms with Crippen molar-refractivity contribution in [3.05, 3.63) is 0 Å². The van der Waals surface area contributed by atoms with Crippen LogP contribution in [0.2, 0.25) is 0 Å². The van der Waals surface area contributed by atoms with E-state index in [0.717, 1.165) is 51.7 Å². The Bertz CT molecular complexity index is 211. The molecule has 0 saturated heterocycles. The van der Waals surface area contributed by atoms with Crippen LogP contribution in [-0.4, -0.2) is 30.6 Å². The summed E-state index contributed by atoms with van der Waals surface area (Å²) in [7, 11) is 0. The number of carbonyl (C=O) groups is 1. The highest BCUT2D eigenvalue weighted by Crippen LogP contribution is 2.04. The molecule has 0 bridgehead atoms. The molecule has 0 rings (SSSR count). The highest BCUT2D eigenvalue weighted by Gasteiger charge is 2.11. The van der Waals surface area contributed by atoms with Crippen molar-refractivity contribution in [3.63, 3.8) is 0 Å². The number of carbonyl (C=O) groups excluding carboxylic acids is 1. The van der Waals surface area contributed by atoms with Crippen LogP contribution in [0.3, 0.4) is 0 Å². The molecule has 0 heterocycles. The second kappa shape index (κ2) is 14.7. The molecule has 0 atom stereocenters. The third kappa shape index (κ3) is 11.1. The van der Waals surface area contributed by atoms with E-state index in [4.69, 9.17) is 0 Å². The van der Waals surface area contributed by atoms with Gasteiger partial charge in [0.2, 0.25) is 0 Å². The van der Waals surface area contributed by atoms with Crippen LogP contribution in [0, 0.1) is 0 Å². The number of nitrogens with one attached hydrogen (secondary N) is 1. The molecule has 0 fully saturated rings. The molecule has 0 spiro atoms. The molecule has 0 aromatic carbocycles. The minimum atomic E-state index is 0.139. The number of amides is 2. The lowest BCUT2D eigenvalue weighted by Crippen LogP contribution is -2.41. The smallest absolute Gasteiger partial charge is 0.317 e. The molecule has 0 radical (unpaired) electrons. The number of nitrogens with zero attached hydrogens (tertiary/aromatic N) is 1. The van der Waals surface area contributed by atoms with Crippen molar-refractivity contribution >= 4 is 6.03 Å². The van der Waals surface area contributed by atoms with E-state index in [0.29, 0.717) is 0 Å². The van der Waals surface area contributed by atoms with Crippen LogP contribution in [-0.2, 0) is 0 Å². The molecule has 2 amide bonds. The average Bonchev–Trinajstić information content (AvgIpc) is 2.46. The lowest BCUT2D eigenvalue weighted by Gasteiger charge is -2.22. The highest BCUT2D eigenvalue weighted by molar-refractivity contribution is 5.74. The molecule has 0 unspecified atom stereocenters. The molecule has 1 N–H and O–H groups in total. The molecule has 0 aliphatic heterocycles. The first-order valence-corrected chi connectivity index (χ1v) is 8.79. The molecule has 0 aliphatic carbocycles. The minimum Gasteiger partial charge on any atom is -0.338 e. The molecule has 3 nitrogen and oxygen atoms in total. The standard InChI is InChI=1S/C17H36N2O/c1-4-7-10-11-12-13-14-18-17(20)19(15-8-5-2)16-9-6-3/h4-16H2,1-3H3,(H,18,20). The summed E-state index contributed by atoms with van der Waals surface area (Å²) in [5, 5.41) is 3.08. The second-order valence-electron chi connectivity index (χ2n) is 5.69. The Morgan fingerprint density at radius 2 is 1.25 bits per heavy atom. The zero-order valence-electron chi connectivity index (χ0n) is 14.0. The Labute approximate surface area is 126 Å². The van der Waals surface area contributed by atoms with Crippen LogP contribution in [0.1, 0.15) is 85.0 Å². The van der Waals surface area contributed by atoms with Gasteiger partial charge in [0.25, 0.3) is 0 Å². The molecule has 3 heteroatoms. The van der Waals surface area contributed by atoms with Crippen molar-refractivity contribution in [1.82, 2.24) is 10.2 Å². The van der Waals surface area contributed by atoms with Crippen molar-refractivity contribution in [1.29, 1.82) is 0 Å². The van der Waals surface area contributed by atoms with E-state index in [1.807, 2.05) is 4.90 Å². The van der Waals surface area contributed by atoms with Crippen LogP contribution >= 0.6 is 0 Å². The van der Waals surface area contributed by atoms with Gasteiger partial charge in [0, 0.05) is 19.6 Å². The maximum Gasteiger partial charge on any atom is 0.317 e. The van der Waals surface area contributed by atoms with E-state index < -0.39 is 0 Å². The summed E-state index contributed by atoms with van der Waals surface area (Å²) in [5.41, 5.74) is 0. The lowest BCUT2D eigenvalue weighted by atomic mass is 10.1. The third-order valence-corrected chi connectivity index (χ3v) is 3.66. The van der Waals surface area contributed by atoms with Crippen LogP contribution in [0.4, 0.5) is 4.79 Å². The summed E-state index contributed by atoms with van der Waals surface area (Å²) in [6, 6.07) is 0.139. The van der Waals surface area contributed by atoms with Gasteiger partial charge in [0.15, 0.2) is 0 Å². The van der Waals surface area contributed by atoms with Crippen molar-refractivity contribution < 1.29 is 4.79 Å². The quantitative estimate of drug-likeness (QED) is 0.476. The zero-order valence-corrected chi connectivity index (χ0v) is 14.0. The van der Waals surface area contributed by atoms with Gasteiger partial charge in [-0.2, -0.15) is 0 Å². The molecule has 20 heavy (non-hydrogen) atoms. The second-order valence-corrected chi connectivity index (χ2v) is 5.69. The molecule has 0 aromatic rings. The van der Waals surface area contributed by atoms with Gasteiger partial charge in [-0.1, -0.05) is 65.7 Å². The molecule has 120 valence electrons. The Balaban J connectivity index is 3.71. The van der Waals surface area contributed by atoms with Gasteiger partial charge in [-0.25, -0.2) is 4.79 Å². The third-order valence-electron chi connectivity index (χ3n) is 3.66. The predicted molar refractivity (Wildman–Crippen MR) is 88.2 cm³/mol. The van der Waals surface area contributed by atoms with Gasteiger partial charge in [0.05, 0.1) is 0 Å². The van der Waals surface area contributed by atoms with E-state index in [-0.39, 0.29) is 6.03 Å². The molecule has 0 aliphatic rings. The van der Waals surface area contributed by atoms with E-state index in [1.165, 1.54) is 32.1 Å². The number of hydrogen-bond donors (Lipinski definition) is 1. The molecule has 0 saturated carbocycles. The largest absolute Gasteiger partial charge is 0.338 e. The summed E-state index contributed by atoms with van der Waals surface area (Å²) >= 11 is 0. The van der Waals surface area contributed by atoms with Gasteiger partial charge in [-0.3, -0.25) is 0 Å². The monoisotopic (exact) mass is 284 g/mol. The topological polar surface area (TPSA) is 32.3 Å². The highest BCUT2D eigenvalue weighted by atomic mass is 16.2. The maximum absolute atomic E-state index is 12.1. The summed E-state index contributed by atoms with van der Waals surface area (Å²) in [6.07, 6.45) is 12.1. The SMILES string of the molecule is CCCCCCCCNC(=O)N(CCCC)CCCC. The lowest BCUT2D eigenvalue weighted by molar-refractivity contribution is 0.196. The van der Waals surface area contributed by atoms with E-state index in [2.05, 4.69) is 26.1 Å². The van der Waals surface area contributed by atoms with E-state index in [1.54, 1.807) is 0 Å². The fourth-order valence-corrected chi connectivity index (χ4v) is 2.23. The van der Waals surface area contributed by atoms with Gasteiger partial charge >= 0.3 is 6.03 Å². The Morgan fingerprint density at radius 1 is 0.750 bits per heavy atom. The van der Waals surface area contributed by atoms with Crippen molar-refractivity contribution in [2.75, 3.05) is 19.6 Å². The van der Waals surface area contributed by atoms with Gasteiger partial charge < -0.3 is 10.2 Å². The van der Waals surface area contributed by atoms with Crippen molar-refractivity contribution in [3.8, 4) is 0 Å². The van der Waals surface area contributed by atoms with Crippen molar-refractivity contribution in [2.24, 2.45) is 0 Å². The first-order valence-electron chi connectivity index (χ1n) is 8.79. The van der Waals surface area contributed by atoms with Crippen molar-refractivity contribution in [2.45, 2.75) is 85.0 Å². The molecular formula is C17H36N2O. The fourth-order valence-electron chi connectivity index (χ4n) is 2.23. The summed E-state index contributed by atoms with van der Waals surface area (Å²) in [4.78, 5) is 14.1. The number of unbranched alkanes of at least 4 members (excludes halogenated alkanes) is 7. The Hall–Kier alpha value is -0.730. The maximum atomic E-state index is 12.1. The normalized spacial score (nSPS) is 10.6. The van der Waals surface area contributed by atoms with Gasteiger partial charge in [0.1, 0.15) is 0 Å². The number of urea groups is 1.